The summed E-state index contributed by atoms with van der Waals surface area (Å²) in [5, 5.41) is 4.87. The van der Waals surface area contributed by atoms with Crippen LogP contribution >= 0.6 is 11.3 Å². The zero-order chi connectivity index (χ0) is 14.2. The molecule has 2 heterocycles. The molecular weight excluding hydrogens is 266 g/mol. The van der Waals surface area contributed by atoms with Crippen molar-refractivity contribution in [2.75, 3.05) is 24.5 Å². The van der Waals surface area contributed by atoms with Gasteiger partial charge in [0.25, 0.3) is 0 Å². The van der Waals surface area contributed by atoms with Crippen molar-refractivity contribution in [3.63, 3.8) is 0 Å². The van der Waals surface area contributed by atoms with E-state index in [1.54, 1.807) is 0 Å². The number of piperidine rings is 1. The van der Waals surface area contributed by atoms with Gasteiger partial charge in [-0.3, -0.25) is 0 Å². The molecular formula is C16H27N3S. The van der Waals surface area contributed by atoms with Crippen molar-refractivity contribution in [2.24, 2.45) is 5.41 Å². The van der Waals surface area contributed by atoms with Crippen LogP contribution in [-0.2, 0) is 6.42 Å². The van der Waals surface area contributed by atoms with Crippen molar-refractivity contribution in [1.82, 2.24) is 10.3 Å². The molecule has 3 nitrogen and oxygen atoms in total. The van der Waals surface area contributed by atoms with Gasteiger partial charge in [-0.25, -0.2) is 4.98 Å². The van der Waals surface area contributed by atoms with Crippen LogP contribution < -0.4 is 10.2 Å². The molecule has 4 heteroatoms. The minimum atomic E-state index is 0.436. The molecule has 1 saturated heterocycles. The number of hydrogen-bond acceptors (Lipinski definition) is 4. The molecule has 3 rings (SSSR count). The fourth-order valence-electron chi connectivity index (χ4n) is 3.57. The van der Waals surface area contributed by atoms with Gasteiger partial charge in [-0.2, -0.15) is 0 Å². The third kappa shape index (κ3) is 2.86. The first-order chi connectivity index (χ1) is 9.59. The lowest BCUT2D eigenvalue weighted by Crippen LogP contribution is -2.40. The van der Waals surface area contributed by atoms with Gasteiger partial charge in [0.15, 0.2) is 5.13 Å². The second kappa shape index (κ2) is 5.64. The smallest absolute Gasteiger partial charge is 0.185 e. The van der Waals surface area contributed by atoms with E-state index in [-0.39, 0.29) is 0 Å². The van der Waals surface area contributed by atoms with Crippen LogP contribution in [0.15, 0.2) is 0 Å². The van der Waals surface area contributed by atoms with Crippen molar-refractivity contribution in [2.45, 2.75) is 58.9 Å². The van der Waals surface area contributed by atoms with Crippen molar-refractivity contribution in [3.8, 4) is 0 Å². The van der Waals surface area contributed by atoms with E-state index in [4.69, 9.17) is 4.98 Å². The summed E-state index contributed by atoms with van der Waals surface area (Å²) in [6.07, 6.45) is 6.42. The molecule has 1 atom stereocenters. The van der Waals surface area contributed by atoms with Gasteiger partial charge in [0, 0.05) is 18.0 Å². The lowest BCUT2D eigenvalue weighted by atomic mass is 9.84. The van der Waals surface area contributed by atoms with Gasteiger partial charge in [0.05, 0.1) is 11.7 Å². The second-order valence-corrected chi connectivity index (χ2v) is 8.06. The molecule has 112 valence electrons. The summed E-state index contributed by atoms with van der Waals surface area (Å²) in [5.41, 5.74) is 1.78. The first-order valence-electron chi connectivity index (χ1n) is 8.07. The van der Waals surface area contributed by atoms with Crippen molar-refractivity contribution in [1.29, 1.82) is 0 Å². The Morgan fingerprint density at radius 3 is 3.00 bits per heavy atom. The Labute approximate surface area is 126 Å². The molecule has 0 amide bonds. The number of anilines is 1. The molecule has 1 fully saturated rings. The van der Waals surface area contributed by atoms with E-state index in [0.29, 0.717) is 11.5 Å². The molecule has 1 aliphatic heterocycles. The molecule has 1 aromatic heterocycles. The highest BCUT2D eigenvalue weighted by Gasteiger charge is 2.30. The highest BCUT2D eigenvalue weighted by molar-refractivity contribution is 7.15. The Balaban J connectivity index is 1.81. The normalized spacial score (nSPS) is 25.6. The van der Waals surface area contributed by atoms with Gasteiger partial charge < -0.3 is 10.2 Å². The number of rotatable bonds is 3. The highest BCUT2D eigenvalue weighted by atomic mass is 32.1. The number of hydrogen-bond donors (Lipinski definition) is 1. The molecule has 0 aromatic carbocycles. The van der Waals surface area contributed by atoms with Crippen LogP contribution in [0.1, 0.15) is 63.1 Å². The molecule has 1 aliphatic carbocycles. The third-order valence-electron chi connectivity index (χ3n) is 4.56. The van der Waals surface area contributed by atoms with E-state index in [1.165, 1.54) is 54.4 Å². The SMILES string of the molecule is CCNC1CCCc2sc(N3CCCC(C)(C)C3)nc21. The molecule has 2 aliphatic rings. The fourth-order valence-corrected chi connectivity index (χ4v) is 4.76. The van der Waals surface area contributed by atoms with Crippen LogP contribution in [0.25, 0.3) is 0 Å². The predicted octanol–water partition coefficient (Wildman–Crippen LogP) is 3.76. The number of nitrogens with one attached hydrogen (secondary N) is 1. The fraction of sp³-hybridized carbons (Fsp3) is 0.812. The Bertz CT molecular complexity index is 466. The van der Waals surface area contributed by atoms with Gasteiger partial charge in [-0.05, 0) is 44.1 Å². The quantitative estimate of drug-likeness (QED) is 0.920. The number of aryl methyl sites for hydroxylation is 1. The third-order valence-corrected chi connectivity index (χ3v) is 5.76. The molecule has 0 bridgehead atoms. The van der Waals surface area contributed by atoms with Gasteiger partial charge in [0.1, 0.15) is 0 Å². The van der Waals surface area contributed by atoms with Crippen molar-refractivity contribution in [3.05, 3.63) is 10.6 Å². The van der Waals surface area contributed by atoms with Gasteiger partial charge in [0.2, 0.25) is 0 Å². The maximum absolute atomic E-state index is 5.02. The summed E-state index contributed by atoms with van der Waals surface area (Å²) in [6.45, 7) is 10.3. The average Bonchev–Trinajstić information content (AvgIpc) is 2.83. The van der Waals surface area contributed by atoms with Crippen LogP contribution in [0.5, 0.6) is 0 Å². The van der Waals surface area contributed by atoms with Crippen LogP contribution in [0.2, 0.25) is 0 Å². The minimum absolute atomic E-state index is 0.436. The first kappa shape index (κ1) is 14.3. The summed E-state index contributed by atoms with van der Waals surface area (Å²) in [4.78, 5) is 9.07. The lowest BCUT2D eigenvalue weighted by Gasteiger charge is -2.37. The van der Waals surface area contributed by atoms with Crippen LogP contribution in [0, 0.1) is 5.41 Å². The summed E-state index contributed by atoms with van der Waals surface area (Å²) < 4.78 is 0. The Morgan fingerprint density at radius 2 is 2.25 bits per heavy atom. The zero-order valence-electron chi connectivity index (χ0n) is 13.0. The first-order valence-corrected chi connectivity index (χ1v) is 8.88. The van der Waals surface area contributed by atoms with Crippen LogP contribution in [-0.4, -0.2) is 24.6 Å². The predicted molar refractivity (Wildman–Crippen MR) is 86.7 cm³/mol. The van der Waals surface area contributed by atoms with E-state index in [2.05, 4.69) is 31.0 Å². The van der Waals surface area contributed by atoms with E-state index in [9.17, 15) is 0 Å². The molecule has 1 N–H and O–H groups in total. The van der Waals surface area contributed by atoms with Gasteiger partial charge in [-0.1, -0.05) is 20.8 Å². The second-order valence-electron chi connectivity index (χ2n) is 7.00. The average molecular weight is 293 g/mol. The Morgan fingerprint density at radius 1 is 1.40 bits per heavy atom. The molecule has 20 heavy (non-hydrogen) atoms. The topological polar surface area (TPSA) is 28.2 Å². The number of thiazole rings is 1. The maximum Gasteiger partial charge on any atom is 0.185 e. The van der Waals surface area contributed by atoms with E-state index >= 15 is 0 Å². The maximum atomic E-state index is 5.02. The number of aromatic nitrogens is 1. The van der Waals surface area contributed by atoms with Crippen LogP contribution in [0.3, 0.4) is 0 Å². The van der Waals surface area contributed by atoms with E-state index in [0.717, 1.165) is 13.1 Å². The summed E-state index contributed by atoms with van der Waals surface area (Å²) in [6, 6.07) is 0.492. The number of nitrogens with zero attached hydrogens (tertiary/aromatic N) is 2. The van der Waals surface area contributed by atoms with Gasteiger partial charge in [-0.15, -0.1) is 11.3 Å². The minimum Gasteiger partial charge on any atom is -0.348 e. The molecule has 1 unspecified atom stereocenters. The molecule has 1 aromatic rings. The monoisotopic (exact) mass is 293 g/mol. The molecule has 0 radical (unpaired) electrons. The largest absolute Gasteiger partial charge is 0.348 e. The molecule has 0 saturated carbocycles. The van der Waals surface area contributed by atoms with Crippen molar-refractivity contribution >= 4 is 16.5 Å². The summed E-state index contributed by atoms with van der Waals surface area (Å²) >= 11 is 1.95. The summed E-state index contributed by atoms with van der Waals surface area (Å²) in [7, 11) is 0. The number of fused-ring (bicyclic) bond motifs is 1. The van der Waals surface area contributed by atoms with Crippen LogP contribution in [0.4, 0.5) is 5.13 Å². The van der Waals surface area contributed by atoms with Crippen molar-refractivity contribution < 1.29 is 0 Å². The van der Waals surface area contributed by atoms with E-state index in [1.807, 2.05) is 11.3 Å². The summed E-state index contributed by atoms with van der Waals surface area (Å²) in [5.74, 6) is 0. The Kier molecular flexibility index (Phi) is 4.04. The zero-order valence-corrected chi connectivity index (χ0v) is 13.9. The van der Waals surface area contributed by atoms with Gasteiger partial charge >= 0.3 is 0 Å². The molecule has 0 spiro atoms. The highest BCUT2D eigenvalue weighted by Crippen LogP contribution is 2.39. The Hall–Kier alpha value is -0.610. The lowest BCUT2D eigenvalue weighted by molar-refractivity contribution is 0.293. The standard InChI is InChI=1S/C16H27N3S/c1-4-17-12-7-5-8-13-14(12)18-15(20-13)19-10-6-9-16(2,3)11-19/h12,17H,4-11H2,1-3H3. The van der Waals surface area contributed by atoms with E-state index < -0.39 is 0 Å².